The van der Waals surface area contributed by atoms with Crippen molar-refractivity contribution in [2.24, 2.45) is 5.41 Å². The Morgan fingerprint density at radius 1 is 1.23 bits per heavy atom. The summed E-state index contributed by atoms with van der Waals surface area (Å²) in [5.74, 6) is 0.831. The van der Waals surface area contributed by atoms with Gasteiger partial charge in [0.1, 0.15) is 11.9 Å². The molecule has 0 spiro atoms. The van der Waals surface area contributed by atoms with Gasteiger partial charge in [0.25, 0.3) is 0 Å². The smallest absolute Gasteiger partial charge is 0.309 e. The van der Waals surface area contributed by atoms with Crippen LogP contribution in [0.25, 0.3) is 10.9 Å². The molecule has 0 saturated carbocycles. The number of fused-ring (bicyclic) bond motifs is 1. The summed E-state index contributed by atoms with van der Waals surface area (Å²) in [7, 11) is 1.60. The van der Waals surface area contributed by atoms with E-state index in [2.05, 4.69) is 32.3 Å². The van der Waals surface area contributed by atoms with Gasteiger partial charge in [0.05, 0.1) is 35.5 Å². The van der Waals surface area contributed by atoms with E-state index in [9.17, 15) is 9.90 Å². The number of piperidine rings is 1. The Morgan fingerprint density at radius 3 is 2.73 bits per heavy atom. The zero-order valence-corrected chi connectivity index (χ0v) is 24.7. The number of morpholine rings is 1. The van der Waals surface area contributed by atoms with Crippen LogP contribution in [0.2, 0.25) is 0 Å². The lowest BCUT2D eigenvalue weighted by atomic mass is 9.74. The van der Waals surface area contributed by atoms with Crippen molar-refractivity contribution >= 4 is 40.0 Å². The number of carboxylic acids is 1. The largest absolute Gasteiger partial charge is 0.497 e. The van der Waals surface area contributed by atoms with Crippen molar-refractivity contribution in [3.05, 3.63) is 53.0 Å². The molecule has 10 heteroatoms. The van der Waals surface area contributed by atoms with Crippen molar-refractivity contribution in [3.63, 3.8) is 0 Å². The van der Waals surface area contributed by atoms with Gasteiger partial charge in [-0.3, -0.25) is 14.7 Å². The van der Waals surface area contributed by atoms with Gasteiger partial charge in [-0.05, 0) is 74.0 Å². The average molecular weight is 588 g/mol. The van der Waals surface area contributed by atoms with E-state index in [-0.39, 0.29) is 6.42 Å². The number of methoxy groups -OCH3 is 1. The van der Waals surface area contributed by atoms with E-state index < -0.39 is 17.6 Å². The topological polar surface area (TPSA) is 75.1 Å². The maximum absolute atomic E-state index is 16.4. The summed E-state index contributed by atoms with van der Waals surface area (Å²) < 4.78 is 28.6. The van der Waals surface area contributed by atoms with Crippen LogP contribution in [0, 0.1) is 5.41 Å². The molecule has 1 N–H and O–H groups in total. The molecule has 2 aliphatic rings. The number of thioether (sulfide) groups is 1. The normalized spacial score (nSPS) is 19.1. The number of rotatable bonds is 12. The number of thiophene rings is 1. The van der Waals surface area contributed by atoms with E-state index in [1.807, 2.05) is 30.0 Å². The van der Waals surface area contributed by atoms with Crippen LogP contribution < -0.4 is 4.74 Å². The van der Waals surface area contributed by atoms with Gasteiger partial charge in [-0.2, -0.15) is 0 Å². The van der Waals surface area contributed by atoms with Gasteiger partial charge in [-0.25, -0.2) is 4.39 Å². The zero-order chi connectivity index (χ0) is 28.0. The minimum atomic E-state index is -1.30. The number of aromatic nitrogens is 1. The Labute approximate surface area is 243 Å². The highest BCUT2D eigenvalue weighted by molar-refractivity contribution is 8.01. The lowest BCUT2D eigenvalue weighted by Crippen LogP contribution is -2.45. The molecular weight excluding hydrogens is 549 g/mol. The molecule has 1 atom stereocenters. The minimum Gasteiger partial charge on any atom is -0.497 e. The van der Waals surface area contributed by atoms with E-state index in [0.29, 0.717) is 55.9 Å². The van der Waals surface area contributed by atoms with Gasteiger partial charge in [0.2, 0.25) is 0 Å². The molecule has 0 radical (unpaired) electrons. The number of hydrogen-bond donors (Lipinski definition) is 1. The molecule has 0 amide bonds. The quantitative estimate of drug-likeness (QED) is 0.263. The van der Waals surface area contributed by atoms with Crippen molar-refractivity contribution in [3.8, 4) is 5.75 Å². The number of carboxylic acid groups (broad SMARTS) is 1. The second kappa shape index (κ2) is 13.6. The highest BCUT2D eigenvalue weighted by Gasteiger charge is 2.42. The molecular formula is C30H38FN3O4S2. The van der Waals surface area contributed by atoms with Gasteiger partial charge in [-0.15, -0.1) is 23.1 Å². The van der Waals surface area contributed by atoms with E-state index in [0.717, 1.165) is 49.4 Å². The van der Waals surface area contributed by atoms with E-state index in [1.165, 1.54) is 4.21 Å². The Bertz CT molecular complexity index is 1260. The summed E-state index contributed by atoms with van der Waals surface area (Å²) >= 11 is 3.59. The summed E-state index contributed by atoms with van der Waals surface area (Å²) in [6.07, 6.45) is 2.05. The zero-order valence-electron chi connectivity index (χ0n) is 23.0. The monoisotopic (exact) mass is 587 g/mol. The van der Waals surface area contributed by atoms with Crippen molar-refractivity contribution < 1.29 is 23.8 Å². The summed E-state index contributed by atoms with van der Waals surface area (Å²) in [5, 5.41) is 13.1. The molecule has 40 heavy (non-hydrogen) atoms. The molecule has 216 valence electrons. The molecule has 1 aromatic carbocycles. The fraction of sp³-hybridized carbons (Fsp3) is 0.533. The molecule has 7 nitrogen and oxygen atoms in total. The van der Waals surface area contributed by atoms with Crippen LogP contribution in [0.1, 0.15) is 43.0 Å². The number of ether oxygens (including phenoxy) is 2. The molecule has 2 fully saturated rings. The van der Waals surface area contributed by atoms with Crippen LogP contribution in [-0.4, -0.2) is 84.7 Å². The van der Waals surface area contributed by atoms with Crippen molar-refractivity contribution in [1.29, 1.82) is 0 Å². The molecule has 2 aliphatic heterocycles. The summed E-state index contributed by atoms with van der Waals surface area (Å²) in [5.41, 5.74) is 1.27. The lowest BCUT2D eigenvalue weighted by Gasteiger charge is -2.39. The predicted octanol–water partition coefficient (Wildman–Crippen LogP) is 5.89. The number of nitrogens with zero attached hydrogens (tertiary/aromatic N) is 3. The van der Waals surface area contributed by atoms with Crippen LogP contribution >= 0.6 is 23.1 Å². The highest BCUT2D eigenvalue weighted by Crippen LogP contribution is 2.42. The number of likely N-dealkylation sites (tertiary alicyclic amines) is 1. The first-order valence-electron chi connectivity index (χ1n) is 14.0. The maximum Gasteiger partial charge on any atom is 0.309 e. The number of halogens is 1. The second-order valence-electron chi connectivity index (χ2n) is 10.7. The number of hydrogen-bond acceptors (Lipinski definition) is 8. The Hall–Kier alpha value is -2.24. The van der Waals surface area contributed by atoms with E-state index >= 15 is 4.39 Å². The first kappa shape index (κ1) is 29.3. The van der Waals surface area contributed by atoms with Crippen molar-refractivity contribution in [2.45, 2.75) is 42.6 Å². The summed E-state index contributed by atoms with van der Waals surface area (Å²) in [6, 6.07) is 9.73. The average Bonchev–Trinajstić information content (AvgIpc) is 3.50. The third-order valence-corrected chi connectivity index (χ3v) is 10.4. The molecule has 0 bridgehead atoms. The Morgan fingerprint density at radius 2 is 2.02 bits per heavy atom. The van der Waals surface area contributed by atoms with Crippen LogP contribution in [0.3, 0.4) is 0 Å². The first-order chi connectivity index (χ1) is 19.5. The van der Waals surface area contributed by atoms with Crippen molar-refractivity contribution in [1.82, 2.24) is 14.8 Å². The van der Waals surface area contributed by atoms with Crippen molar-refractivity contribution in [2.75, 3.05) is 58.8 Å². The molecule has 3 aromatic rings. The molecule has 0 aliphatic carbocycles. The minimum absolute atomic E-state index is 0.160. The molecule has 2 saturated heterocycles. The maximum atomic E-state index is 16.4. The second-order valence-corrected chi connectivity index (χ2v) is 13.0. The number of pyridine rings is 1. The number of aliphatic carboxylic acids is 1. The molecule has 2 aromatic heterocycles. The van der Waals surface area contributed by atoms with Gasteiger partial charge >= 0.3 is 5.97 Å². The van der Waals surface area contributed by atoms with Crippen LogP contribution in [-0.2, 0) is 16.1 Å². The fourth-order valence-corrected chi connectivity index (χ4v) is 7.66. The SMILES string of the molecule is COc1ccc2ncc(CN3CCOCC3)c([C@H](F)CCC3(C(=O)O)CCN(CCSc4cccs4)CC3)c2c1. The Balaban J connectivity index is 1.28. The third kappa shape index (κ3) is 6.97. The van der Waals surface area contributed by atoms with E-state index in [4.69, 9.17) is 9.47 Å². The fourth-order valence-electron chi connectivity index (χ4n) is 5.80. The summed E-state index contributed by atoms with van der Waals surface area (Å²) in [6.45, 7) is 5.87. The van der Waals surface area contributed by atoms with Gasteiger partial charge < -0.3 is 19.5 Å². The molecule has 0 unspecified atom stereocenters. The standard InChI is InChI=1S/C30H38FN3O4S2/c1-37-23-4-5-26-24(19-23)28(22(20-32-26)21-34-12-15-38-16-13-34)25(31)6-7-30(29(35)36)8-10-33(11-9-30)14-18-40-27-3-2-17-39-27/h2-5,17,19-20,25H,6-16,18,21H2,1H3,(H,35,36)/t25-/m1/s1. The third-order valence-electron chi connectivity index (χ3n) is 8.30. The van der Waals surface area contributed by atoms with Gasteiger partial charge in [0.15, 0.2) is 0 Å². The summed E-state index contributed by atoms with van der Waals surface area (Å²) in [4.78, 5) is 21.8. The highest BCUT2D eigenvalue weighted by atomic mass is 32.2. The predicted molar refractivity (Wildman–Crippen MR) is 158 cm³/mol. The van der Waals surface area contributed by atoms with Crippen LogP contribution in [0.4, 0.5) is 4.39 Å². The van der Waals surface area contributed by atoms with Crippen LogP contribution in [0.15, 0.2) is 46.1 Å². The van der Waals surface area contributed by atoms with Gasteiger partial charge in [-0.1, -0.05) is 6.07 Å². The number of carbonyl (C=O) groups is 1. The first-order valence-corrected chi connectivity index (χ1v) is 15.9. The molecule has 5 rings (SSSR count). The lowest BCUT2D eigenvalue weighted by molar-refractivity contribution is -0.153. The Kier molecular flexibility index (Phi) is 9.96. The van der Waals surface area contributed by atoms with Crippen LogP contribution in [0.5, 0.6) is 5.75 Å². The molecule has 4 heterocycles. The number of alkyl halides is 1. The van der Waals surface area contributed by atoms with E-state index in [1.54, 1.807) is 24.6 Å². The van der Waals surface area contributed by atoms with Gasteiger partial charge in [0, 0.05) is 49.1 Å². The number of benzene rings is 1.